The number of thioether (sulfide) groups is 1. The molecule has 1 heterocycles. The summed E-state index contributed by atoms with van der Waals surface area (Å²) in [6.45, 7) is 0. The lowest BCUT2D eigenvalue weighted by molar-refractivity contribution is -0.117. The van der Waals surface area contributed by atoms with Crippen LogP contribution in [0.2, 0.25) is 0 Å². The quantitative estimate of drug-likeness (QED) is 0.802. The predicted molar refractivity (Wildman–Crippen MR) is 60.6 cm³/mol. The number of nitrogens with one attached hydrogen (secondary N) is 1. The number of halogens is 1. The summed E-state index contributed by atoms with van der Waals surface area (Å²) < 4.78 is 12.8. The Morgan fingerprint density at radius 3 is 2.65 bits per heavy atom. The highest BCUT2D eigenvalue weighted by molar-refractivity contribution is 8.00. The van der Waals surface area contributed by atoms with Crippen molar-refractivity contribution in [2.45, 2.75) is 10.3 Å². The Balaban J connectivity index is 2.23. The van der Waals surface area contributed by atoms with Gasteiger partial charge in [-0.2, -0.15) is 10.3 Å². The smallest absolute Gasteiger partial charge is 0.235 e. The molecule has 0 saturated heterocycles. The summed E-state index contributed by atoms with van der Waals surface area (Å²) >= 11 is 1.16. The van der Waals surface area contributed by atoms with Crippen LogP contribution in [0.3, 0.4) is 0 Å². The largest absolute Gasteiger partial charge is 0.368 e. The molecule has 2 rings (SSSR count). The molecular formula is C10H9FN4OS. The molecule has 1 atom stereocenters. The van der Waals surface area contributed by atoms with E-state index in [2.05, 4.69) is 15.4 Å². The SMILES string of the molecule is NC(=O)[C@H](Sc1cn[nH]n1)c1ccc(F)cc1. The molecule has 3 N–H and O–H groups in total. The van der Waals surface area contributed by atoms with Gasteiger partial charge >= 0.3 is 0 Å². The topological polar surface area (TPSA) is 84.7 Å². The Bertz CT molecular complexity index is 500. The third-order valence-electron chi connectivity index (χ3n) is 2.06. The minimum Gasteiger partial charge on any atom is -0.368 e. The monoisotopic (exact) mass is 252 g/mol. The molecule has 0 bridgehead atoms. The van der Waals surface area contributed by atoms with E-state index in [1.54, 1.807) is 0 Å². The van der Waals surface area contributed by atoms with Crippen LogP contribution in [0.15, 0.2) is 35.5 Å². The number of hydrogen-bond acceptors (Lipinski definition) is 4. The summed E-state index contributed by atoms with van der Waals surface area (Å²) in [5.41, 5.74) is 5.94. The number of nitrogens with zero attached hydrogens (tertiary/aromatic N) is 2. The predicted octanol–water partition coefficient (Wildman–Crippen LogP) is 1.26. The highest BCUT2D eigenvalue weighted by atomic mass is 32.2. The summed E-state index contributed by atoms with van der Waals surface area (Å²) in [6.07, 6.45) is 1.49. The van der Waals surface area contributed by atoms with Gasteiger partial charge in [-0.1, -0.05) is 23.9 Å². The maximum absolute atomic E-state index is 12.8. The van der Waals surface area contributed by atoms with Gasteiger partial charge in [-0.05, 0) is 17.7 Å². The summed E-state index contributed by atoms with van der Waals surface area (Å²) in [5, 5.41) is 9.84. The Hall–Kier alpha value is -1.89. The fourth-order valence-corrected chi connectivity index (χ4v) is 2.15. The third-order valence-corrected chi connectivity index (χ3v) is 3.24. The maximum Gasteiger partial charge on any atom is 0.235 e. The van der Waals surface area contributed by atoms with Crippen LogP contribution in [0.25, 0.3) is 0 Å². The first-order valence-electron chi connectivity index (χ1n) is 4.74. The van der Waals surface area contributed by atoms with Gasteiger partial charge in [0.2, 0.25) is 5.91 Å². The molecule has 7 heteroatoms. The second-order valence-electron chi connectivity index (χ2n) is 3.26. The van der Waals surface area contributed by atoms with Gasteiger partial charge in [0, 0.05) is 0 Å². The van der Waals surface area contributed by atoms with Crippen LogP contribution < -0.4 is 5.73 Å². The molecule has 1 amide bonds. The first kappa shape index (κ1) is 11.6. The van der Waals surface area contributed by atoms with Crippen molar-refractivity contribution in [2.24, 2.45) is 5.73 Å². The van der Waals surface area contributed by atoms with Crippen LogP contribution in [-0.2, 0) is 4.79 Å². The third kappa shape index (κ3) is 2.82. The summed E-state index contributed by atoms with van der Waals surface area (Å²) in [5.74, 6) is -0.868. The number of rotatable bonds is 4. The first-order valence-corrected chi connectivity index (χ1v) is 5.62. The molecule has 0 radical (unpaired) electrons. The number of benzene rings is 1. The maximum atomic E-state index is 12.8. The van der Waals surface area contributed by atoms with Gasteiger partial charge in [-0.3, -0.25) is 4.79 Å². The van der Waals surface area contributed by atoms with Crippen molar-refractivity contribution in [1.82, 2.24) is 15.4 Å². The van der Waals surface area contributed by atoms with Crippen LogP contribution >= 0.6 is 11.8 Å². The van der Waals surface area contributed by atoms with E-state index in [4.69, 9.17) is 5.73 Å². The number of H-pyrrole nitrogens is 1. The van der Waals surface area contributed by atoms with E-state index < -0.39 is 11.2 Å². The molecule has 0 spiro atoms. The minimum absolute atomic E-state index is 0.358. The molecule has 0 aliphatic carbocycles. The van der Waals surface area contributed by atoms with Crippen molar-refractivity contribution in [3.63, 3.8) is 0 Å². The van der Waals surface area contributed by atoms with Crippen molar-refractivity contribution in [2.75, 3.05) is 0 Å². The summed E-state index contributed by atoms with van der Waals surface area (Å²) in [7, 11) is 0. The number of amides is 1. The van der Waals surface area contributed by atoms with Gasteiger partial charge < -0.3 is 5.73 Å². The van der Waals surface area contributed by atoms with Crippen LogP contribution in [0.1, 0.15) is 10.8 Å². The number of carbonyl (C=O) groups excluding carboxylic acids is 1. The molecule has 0 saturated carbocycles. The molecule has 88 valence electrons. The lowest BCUT2D eigenvalue weighted by Crippen LogP contribution is -2.18. The average Bonchev–Trinajstić information content (AvgIpc) is 2.80. The number of aromatic amines is 1. The van der Waals surface area contributed by atoms with E-state index in [1.165, 1.54) is 30.5 Å². The van der Waals surface area contributed by atoms with E-state index in [-0.39, 0.29) is 5.82 Å². The Labute approximate surface area is 101 Å². The molecule has 0 aliphatic rings. The van der Waals surface area contributed by atoms with Crippen LogP contribution in [0, 0.1) is 5.82 Å². The molecule has 2 aromatic rings. The molecule has 1 aromatic carbocycles. The van der Waals surface area contributed by atoms with Gasteiger partial charge in [0.25, 0.3) is 0 Å². The van der Waals surface area contributed by atoms with Gasteiger partial charge in [0.05, 0.1) is 6.20 Å². The zero-order chi connectivity index (χ0) is 12.3. The molecule has 5 nitrogen and oxygen atoms in total. The number of primary amides is 1. The van der Waals surface area contributed by atoms with Gasteiger partial charge in [-0.15, -0.1) is 5.10 Å². The van der Waals surface area contributed by atoms with Crippen molar-refractivity contribution in [1.29, 1.82) is 0 Å². The van der Waals surface area contributed by atoms with Crippen molar-refractivity contribution in [3.8, 4) is 0 Å². The van der Waals surface area contributed by atoms with Gasteiger partial charge in [0.15, 0.2) is 0 Å². The molecule has 1 aromatic heterocycles. The van der Waals surface area contributed by atoms with E-state index in [0.29, 0.717) is 10.6 Å². The molecule has 0 fully saturated rings. The average molecular weight is 252 g/mol. The van der Waals surface area contributed by atoms with Crippen LogP contribution in [-0.4, -0.2) is 21.3 Å². The van der Waals surface area contributed by atoms with Crippen LogP contribution in [0.4, 0.5) is 4.39 Å². The van der Waals surface area contributed by atoms with Gasteiger partial charge in [-0.25, -0.2) is 4.39 Å². The van der Waals surface area contributed by atoms with Gasteiger partial charge in [0.1, 0.15) is 16.1 Å². The molecule has 0 unspecified atom stereocenters. The summed E-state index contributed by atoms with van der Waals surface area (Å²) in [6, 6.07) is 5.62. The van der Waals surface area contributed by atoms with Crippen molar-refractivity contribution >= 4 is 17.7 Å². The zero-order valence-electron chi connectivity index (χ0n) is 8.63. The summed E-state index contributed by atoms with van der Waals surface area (Å²) in [4.78, 5) is 11.4. The normalized spacial score (nSPS) is 12.3. The number of aromatic nitrogens is 3. The lowest BCUT2D eigenvalue weighted by atomic mass is 10.1. The van der Waals surface area contributed by atoms with Crippen molar-refractivity contribution < 1.29 is 9.18 Å². The second kappa shape index (κ2) is 4.96. The second-order valence-corrected chi connectivity index (χ2v) is 4.39. The number of nitrogens with two attached hydrogens (primary N) is 1. The zero-order valence-corrected chi connectivity index (χ0v) is 9.45. The number of carbonyl (C=O) groups is 1. The molecular weight excluding hydrogens is 243 g/mol. The van der Waals surface area contributed by atoms with E-state index >= 15 is 0 Å². The van der Waals surface area contributed by atoms with Crippen LogP contribution in [0.5, 0.6) is 0 Å². The van der Waals surface area contributed by atoms with E-state index in [9.17, 15) is 9.18 Å². The fraction of sp³-hybridized carbons (Fsp3) is 0.100. The molecule has 0 aliphatic heterocycles. The molecule has 17 heavy (non-hydrogen) atoms. The van der Waals surface area contributed by atoms with Crippen molar-refractivity contribution in [3.05, 3.63) is 41.8 Å². The number of hydrogen-bond donors (Lipinski definition) is 2. The van der Waals surface area contributed by atoms with E-state index in [1.807, 2.05) is 0 Å². The Kier molecular flexibility index (Phi) is 3.38. The first-order chi connectivity index (χ1) is 8.16. The highest BCUT2D eigenvalue weighted by Gasteiger charge is 2.20. The Morgan fingerprint density at radius 1 is 1.41 bits per heavy atom. The van der Waals surface area contributed by atoms with E-state index in [0.717, 1.165) is 11.8 Å². The Morgan fingerprint density at radius 2 is 2.12 bits per heavy atom. The standard InChI is InChI=1S/C10H9FN4OS/c11-7-3-1-6(2-4-7)9(10(12)16)17-8-5-13-15-14-8/h1-5,9H,(H2,12,16)(H,13,14,15)/t9-/m1/s1. The minimum atomic E-state index is -0.610. The highest BCUT2D eigenvalue weighted by Crippen LogP contribution is 2.33. The fourth-order valence-electron chi connectivity index (χ4n) is 1.30. The lowest BCUT2D eigenvalue weighted by Gasteiger charge is -2.11.